The lowest BCUT2D eigenvalue weighted by Gasteiger charge is -2.35. The number of ether oxygens (including phenoxy) is 1. The minimum Gasteiger partial charge on any atom is -0.444 e. The summed E-state index contributed by atoms with van der Waals surface area (Å²) in [5.41, 5.74) is -0.766. The predicted molar refractivity (Wildman–Crippen MR) is 90.4 cm³/mol. The minimum atomic E-state index is -4.49. The zero-order valence-electron chi connectivity index (χ0n) is 15.3. The van der Waals surface area contributed by atoms with Gasteiger partial charge in [0.25, 0.3) is 5.91 Å². The van der Waals surface area contributed by atoms with Crippen molar-refractivity contribution < 1.29 is 27.5 Å². The second-order valence-corrected chi connectivity index (χ2v) is 7.03. The maximum absolute atomic E-state index is 12.1. The number of anilines is 1. The second kappa shape index (κ2) is 7.97. The molecule has 2 rings (SSSR count). The summed E-state index contributed by atoms with van der Waals surface area (Å²) in [6.45, 7) is 5.81. The van der Waals surface area contributed by atoms with E-state index in [1.54, 1.807) is 31.0 Å². The molecule has 8 nitrogen and oxygen atoms in total. The van der Waals surface area contributed by atoms with Gasteiger partial charge in [-0.05, 0) is 32.9 Å². The van der Waals surface area contributed by atoms with Crippen molar-refractivity contribution in [3.63, 3.8) is 0 Å². The molecule has 0 radical (unpaired) electrons. The van der Waals surface area contributed by atoms with Gasteiger partial charge in [-0.25, -0.2) is 4.79 Å². The molecule has 150 valence electrons. The topological polar surface area (TPSA) is 87.7 Å². The quantitative estimate of drug-likeness (QED) is 0.849. The number of carbonyl (C=O) groups is 2. The van der Waals surface area contributed by atoms with Crippen LogP contribution in [0.25, 0.3) is 0 Å². The lowest BCUT2D eigenvalue weighted by molar-refractivity contribution is -0.123. The van der Waals surface area contributed by atoms with Crippen LogP contribution < -0.4 is 10.2 Å². The molecule has 2 heterocycles. The molecule has 1 aliphatic heterocycles. The van der Waals surface area contributed by atoms with Crippen molar-refractivity contribution in [2.24, 2.45) is 0 Å². The normalized spacial score (nSPS) is 15.5. The smallest absolute Gasteiger partial charge is 0.410 e. The number of nitrogens with one attached hydrogen (secondary N) is 1. The highest BCUT2D eigenvalue weighted by atomic mass is 19.4. The van der Waals surface area contributed by atoms with Gasteiger partial charge < -0.3 is 19.9 Å². The van der Waals surface area contributed by atoms with Crippen LogP contribution in [-0.2, 0) is 4.74 Å². The molecule has 0 aromatic carbocycles. The Morgan fingerprint density at radius 2 is 1.74 bits per heavy atom. The summed E-state index contributed by atoms with van der Waals surface area (Å²) in [4.78, 5) is 27.1. The molecule has 1 saturated heterocycles. The maximum Gasteiger partial charge on any atom is 0.410 e. The Balaban J connectivity index is 1.88. The van der Waals surface area contributed by atoms with E-state index in [1.807, 2.05) is 4.90 Å². The lowest BCUT2D eigenvalue weighted by Crippen LogP contribution is -2.50. The SMILES string of the molecule is CC(C)(C)OC(=O)N1CCN(c2ccc(C(=O)NCC(F)(F)F)nn2)CC1. The van der Waals surface area contributed by atoms with Crippen molar-refractivity contribution in [1.82, 2.24) is 20.4 Å². The number of hydrogen-bond acceptors (Lipinski definition) is 6. The molecule has 0 aliphatic carbocycles. The van der Waals surface area contributed by atoms with Crippen LogP contribution in [0.5, 0.6) is 0 Å². The molecule has 1 N–H and O–H groups in total. The van der Waals surface area contributed by atoms with Gasteiger partial charge in [-0.1, -0.05) is 0 Å². The second-order valence-electron chi connectivity index (χ2n) is 7.03. The van der Waals surface area contributed by atoms with Crippen molar-refractivity contribution in [2.45, 2.75) is 32.5 Å². The minimum absolute atomic E-state index is 0.199. The van der Waals surface area contributed by atoms with Gasteiger partial charge in [0.05, 0.1) is 0 Å². The van der Waals surface area contributed by atoms with E-state index in [1.165, 1.54) is 12.1 Å². The third-order valence-electron chi connectivity index (χ3n) is 3.59. The van der Waals surface area contributed by atoms with Gasteiger partial charge >= 0.3 is 12.3 Å². The maximum atomic E-state index is 12.1. The molecule has 0 spiro atoms. The summed E-state index contributed by atoms with van der Waals surface area (Å²) >= 11 is 0. The van der Waals surface area contributed by atoms with E-state index in [9.17, 15) is 22.8 Å². The Bertz CT molecular complexity index is 665. The Hall–Kier alpha value is -2.59. The largest absolute Gasteiger partial charge is 0.444 e. The molecule has 11 heteroatoms. The van der Waals surface area contributed by atoms with Gasteiger partial charge in [0, 0.05) is 26.2 Å². The zero-order chi connectivity index (χ0) is 20.2. The van der Waals surface area contributed by atoms with Crippen LogP contribution in [0.2, 0.25) is 0 Å². The van der Waals surface area contributed by atoms with Gasteiger partial charge in [-0.3, -0.25) is 4.79 Å². The first-order chi connectivity index (χ1) is 12.4. The molecular weight excluding hydrogens is 367 g/mol. The first-order valence-electron chi connectivity index (χ1n) is 8.36. The molecule has 2 amide bonds. The summed E-state index contributed by atoms with van der Waals surface area (Å²) in [6.07, 6.45) is -4.87. The first-order valence-corrected chi connectivity index (χ1v) is 8.36. The van der Waals surface area contributed by atoms with Gasteiger partial charge in [0.15, 0.2) is 11.5 Å². The Labute approximate surface area is 154 Å². The fourth-order valence-corrected chi connectivity index (χ4v) is 2.33. The van der Waals surface area contributed by atoms with Crippen LogP contribution in [0.3, 0.4) is 0 Å². The van der Waals surface area contributed by atoms with E-state index >= 15 is 0 Å². The molecule has 1 fully saturated rings. The monoisotopic (exact) mass is 389 g/mol. The molecule has 0 saturated carbocycles. The van der Waals surface area contributed by atoms with E-state index in [4.69, 9.17) is 4.74 Å². The molecule has 1 aromatic heterocycles. The molecule has 27 heavy (non-hydrogen) atoms. The molecule has 0 unspecified atom stereocenters. The summed E-state index contributed by atoms with van der Waals surface area (Å²) in [5.74, 6) is -0.465. The van der Waals surface area contributed by atoms with Crippen LogP contribution in [0, 0.1) is 0 Å². The molecular formula is C16H22F3N5O3. The van der Waals surface area contributed by atoms with Gasteiger partial charge in [0.2, 0.25) is 0 Å². The summed E-state index contributed by atoms with van der Waals surface area (Å²) in [7, 11) is 0. The van der Waals surface area contributed by atoms with E-state index in [2.05, 4.69) is 10.2 Å². The average molecular weight is 389 g/mol. The van der Waals surface area contributed by atoms with Crippen LogP contribution in [-0.4, -0.2) is 71.6 Å². The molecule has 1 aromatic rings. The Morgan fingerprint density at radius 3 is 2.22 bits per heavy atom. The third-order valence-corrected chi connectivity index (χ3v) is 3.59. The van der Waals surface area contributed by atoms with Crippen molar-refractivity contribution in [2.75, 3.05) is 37.6 Å². The van der Waals surface area contributed by atoms with Crippen LogP contribution in [0.4, 0.5) is 23.8 Å². The fourth-order valence-electron chi connectivity index (χ4n) is 2.33. The summed E-state index contributed by atoms with van der Waals surface area (Å²) in [5, 5.41) is 9.31. The number of alkyl halides is 3. The number of rotatable bonds is 3. The van der Waals surface area contributed by atoms with Crippen molar-refractivity contribution >= 4 is 17.8 Å². The summed E-state index contributed by atoms with van der Waals surface area (Å²) in [6, 6.07) is 2.83. The van der Waals surface area contributed by atoms with Crippen molar-refractivity contribution in [3.05, 3.63) is 17.8 Å². The predicted octanol–water partition coefficient (Wildman–Crippen LogP) is 1.83. The highest BCUT2D eigenvalue weighted by Crippen LogP contribution is 2.16. The standard InChI is InChI=1S/C16H22F3N5O3/c1-15(2,3)27-14(26)24-8-6-23(7-9-24)12-5-4-11(21-22-12)13(25)20-10-16(17,18)19/h4-5H,6-10H2,1-3H3,(H,20,25). The number of aromatic nitrogens is 2. The Morgan fingerprint density at radius 1 is 1.11 bits per heavy atom. The number of amides is 2. The van der Waals surface area contributed by atoms with E-state index < -0.39 is 24.2 Å². The van der Waals surface area contributed by atoms with Crippen LogP contribution in [0.15, 0.2) is 12.1 Å². The molecule has 1 aliphatic rings. The first kappa shape index (κ1) is 20.7. The number of nitrogens with zero attached hydrogens (tertiary/aromatic N) is 4. The van der Waals surface area contributed by atoms with Crippen molar-refractivity contribution in [3.8, 4) is 0 Å². The third kappa shape index (κ3) is 6.57. The average Bonchev–Trinajstić information content (AvgIpc) is 2.58. The van der Waals surface area contributed by atoms with E-state index in [0.29, 0.717) is 32.0 Å². The Kier molecular flexibility index (Phi) is 6.11. The van der Waals surface area contributed by atoms with Crippen LogP contribution >= 0.6 is 0 Å². The highest BCUT2D eigenvalue weighted by Gasteiger charge is 2.29. The van der Waals surface area contributed by atoms with Crippen LogP contribution in [0.1, 0.15) is 31.3 Å². The van der Waals surface area contributed by atoms with Crippen molar-refractivity contribution in [1.29, 1.82) is 0 Å². The highest BCUT2D eigenvalue weighted by molar-refractivity contribution is 5.92. The fraction of sp³-hybridized carbons (Fsp3) is 0.625. The van der Waals surface area contributed by atoms with E-state index in [0.717, 1.165) is 0 Å². The molecule has 0 atom stereocenters. The van der Waals surface area contributed by atoms with Gasteiger partial charge in [-0.2, -0.15) is 13.2 Å². The van der Waals surface area contributed by atoms with E-state index in [-0.39, 0.29) is 11.8 Å². The summed E-state index contributed by atoms with van der Waals surface area (Å²) < 4.78 is 41.7. The lowest BCUT2D eigenvalue weighted by atomic mass is 10.2. The zero-order valence-corrected chi connectivity index (χ0v) is 15.3. The number of piperazine rings is 1. The van der Waals surface area contributed by atoms with Gasteiger partial charge in [0.1, 0.15) is 12.1 Å². The van der Waals surface area contributed by atoms with Gasteiger partial charge in [-0.15, -0.1) is 10.2 Å². The number of hydrogen-bond donors (Lipinski definition) is 1. The number of halogens is 3. The number of carbonyl (C=O) groups excluding carboxylic acids is 2. The molecule has 0 bridgehead atoms.